The molecule has 0 radical (unpaired) electrons. The van der Waals surface area contributed by atoms with Crippen molar-refractivity contribution >= 4 is 28.9 Å². The topological polar surface area (TPSA) is 50.4 Å². The molecule has 4 nitrogen and oxygen atoms in total. The predicted octanol–water partition coefficient (Wildman–Crippen LogP) is 5.40. The Hall–Kier alpha value is -2.61. The summed E-state index contributed by atoms with van der Waals surface area (Å²) in [5.41, 5.74) is -0.381. The third-order valence-corrected chi connectivity index (χ3v) is 4.02. The first-order valence-electron chi connectivity index (χ1n) is 8.82. The summed E-state index contributed by atoms with van der Waals surface area (Å²) in [5.74, 6) is -0.0754. The Labute approximate surface area is 167 Å². The van der Waals surface area contributed by atoms with Crippen LogP contribution in [0.3, 0.4) is 0 Å². The van der Waals surface area contributed by atoms with E-state index in [9.17, 15) is 18.0 Å². The molecule has 0 spiro atoms. The lowest BCUT2D eigenvalue weighted by Crippen LogP contribution is -2.34. The van der Waals surface area contributed by atoms with Gasteiger partial charge in [0.1, 0.15) is 5.75 Å². The number of para-hydroxylation sites is 1. The Morgan fingerprint density at radius 3 is 2.57 bits per heavy atom. The van der Waals surface area contributed by atoms with Crippen LogP contribution in [0.15, 0.2) is 48.5 Å². The number of hydrogen-bond donors (Lipinski definition) is 2. The normalized spacial score (nSPS) is 11.0. The number of hydrogen-bond acceptors (Lipinski definition) is 3. The minimum Gasteiger partial charge on any atom is -0.493 e. The summed E-state index contributed by atoms with van der Waals surface area (Å²) in [6.45, 7) is 2.57. The number of anilines is 1. The number of ether oxygens (including phenoxy) is 1. The fraction of sp³-hybridized carbons (Fsp3) is 0.300. The summed E-state index contributed by atoms with van der Waals surface area (Å²) in [4.78, 5) is 12.5. The molecule has 0 aromatic heterocycles. The van der Waals surface area contributed by atoms with Crippen LogP contribution in [0.4, 0.5) is 18.9 Å². The molecular formula is C20H21F3N2O2S. The van der Waals surface area contributed by atoms with E-state index in [1.54, 1.807) is 24.3 Å². The zero-order valence-electron chi connectivity index (χ0n) is 15.3. The maximum absolute atomic E-state index is 12.8. The molecule has 0 fully saturated rings. The number of amides is 1. The molecule has 2 aromatic rings. The Morgan fingerprint density at radius 2 is 1.86 bits per heavy atom. The Morgan fingerprint density at radius 1 is 1.11 bits per heavy atom. The number of rotatable bonds is 7. The van der Waals surface area contributed by atoms with Gasteiger partial charge in [-0.15, -0.1) is 0 Å². The van der Waals surface area contributed by atoms with Gasteiger partial charge in [-0.25, -0.2) is 0 Å². The van der Waals surface area contributed by atoms with E-state index in [1.165, 1.54) is 12.1 Å². The van der Waals surface area contributed by atoms with Crippen molar-refractivity contribution in [2.75, 3.05) is 11.9 Å². The Balaban J connectivity index is 2.00. The van der Waals surface area contributed by atoms with Crippen LogP contribution in [0.1, 0.15) is 42.1 Å². The first-order chi connectivity index (χ1) is 13.3. The minimum absolute atomic E-state index is 0.106. The van der Waals surface area contributed by atoms with Gasteiger partial charge in [0, 0.05) is 5.69 Å². The summed E-state index contributed by atoms with van der Waals surface area (Å²) in [7, 11) is 0. The van der Waals surface area contributed by atoms with Gasteiger partial charge in [0.2, 0.25) is 0 Å². The largest absolute Gasteiger partial charge is 0.493 e. The highest BCUT2D eigenvalue weighted by Gasteiger charge is 2.30. The fourth-order valence-corrected chi connectivity index (χ4v) is 2.63. The molecule has 0 unspecified atom stereocenters. The molecule has 2 rings (SSSR count). The van der Waals surface area contributed by atoms with Crippen LogP contribution in [0, 0.1) is 0 Å². The number of carbonyl (C=O) groups is 1. The second kappa shape index (κ2) is 10.1. The van der Waals surface area contributed by atoms with Crippen LogP contribution in [-0.4, -0.2) is 17.6 Å². The van der Waals surface area contributed by atoms with Crippen molar-refractivity contribution in [3.8, 4) is 5.75 Å². The highest BCUT2D eigenvalue weighted by atomic mass is 32.1. The minimum atomic E-state index is -4.46. The predicted molar refractivity (Wildman–Crippen MR) is 107 cm³/mol. The van der Waals surface area contributed by atoms with Gasteiger partial charge in [-0.2, -0.15) is 13.2 Å². The zero-order valence-corrected chi connectivity index (χ0v) is 16.1. The number of nitrogens with one attached hydrogen (secondary N) is 2. The Kier molecular flexibility index (Phi) is 7.80. The average Bonchev–Trinajstić information content (AvgIpc) is 2.65. The molecule has 0 heterocycles. The standard InChI is InChI=1S/C20H21F3N2O2S/c1-2-3-6-12-27-17-11-5-4-10-16(17)18(26)25-19(28)24-15-9-7-8-14(13-15)20(21,22)23/h4-5,7-11,13H,2-3,6,12H2,1H3,(H2,24,25,26,28). The lowest BCUT2D eigenvalue weighted by atomic mass is 10.2. The third-order valence-electron chi connectivity index (χ3n) is 3.81. The van der Waals surface area contributed by atoms with Gasteiger partial charge in [0.15, 0.2) is 5.11 Å². The van der Waals surface area contributed by atoms with E-state index < -0.39 is 17.6 Å². The summed E-state index contributed by atoms with van der Waals surface area (Å²) < 4.78 is 44.0. The van der Waals surface area contributed by atoms with Crippen LogP contribution >= 0.6 is 12.2 Å². The molecule has 1 amide bonds. The van der Waals surface area contributed by atoms with Crippen LogP contribution in [-0.2, 0) is 6.18 Å². The highest BCUT2D eigenvalue weighted by Crippen LogP contribution is 2.30. The maximum atomic E-state index is 12.8. The molecule has 0 atom stereocenters. The number of unbranched alkanes of at least 4 members (excludes halogenated alkanes) is 2. The first-order valence-corrected chi connectivity index (χ1v) is 9.23. The van der Waals surface area contributed by atoms with E-state index in [0.717, 1.165) is 31.4 Å². The molecule has 0 bridgehead atoms. The summed E-state index contributed by atoms with van der Waals surface area (Å²) >= 11 is 5.05. The summed E-state index contributed by atoms with van der Waals surface area (Å²) in [5, 5.41) is 4.95. The van der Waals surface area contributed by atoms with Gasteiger partial charge in [0.25, 0.3) is 5.91 Å². The molecule has 28 heavy (non-hydrogen) atoms. The van der Waals surface area contributed by atoms with Crippen molar-refractivity contribution in [3.63, 3.8) is 0 Å². The van der Waals surface area contributed by atoms with E-state index in [-0.39, 0.29) is 10.8 Å². The molecule has 0 aliphatic heterocycles. The van der Waals surface area contributed by atoms with Crippen LogP contribution in [0.5, 0.6) is 5.75 Å². The maximum Gasteiger partial charge on any atom is 0.416 e. The van der Waals surface area contributed by atoms with Gasteiger partial charge in [0.05, 0.1) is 17.7 Å². The summed E-state index contributed by atoms with van der Waals surface area (Å²) in [6, 6.07) is 11.3. The van der Waals surface area contributed by atoms with Crippen molar-refractivity contribution in [3.05, 3.63) is 59.7 Å². The number of halogens is 3. The smallest absolute Gasteiger partial charge is 0.416 e. The van der Waals surface area contributed by atoms with E-state index >= 15 is 0 Å². The number of thiocarbonyl (C=S) groups is 1. The first kappa shape index (κ1) is 21.7. The van der Waals surface area contributed by atoms with Gasteiger partial charge < -0.3 is 10.1 Å². The van der Waals surface area contributed by atoms with E-state index in [0.29, 0.717) is 17.9 Å². The lowest BCUT2D eigenvalue weighted by Gasteiger charge is -2.14. The lowest BCUT2D eigenvalue weighted by molar-refractivity contribution is -0.137. The van der Waals surface area contributed by atoms with Gasteiger partial charge in [-0.1, -0.05) is 38.0 Å². The molecule has 0 saturated carbocycles. The van der Waals surface area contributed by atoms with Gasteiger partial charge >= 0.3 is 6.18 Å². The van der Waals surface area contributed by atoms with Crippen LogP contribution in [0.2, 0.25) is 0 Å². The average molecular weight is 410 g/mol. The SMILES string of the molecule is CCCCCOc1ccccc1C(=O)NC(=S)Nc1cccc(C(F)(F)F)c1. The van der Waals surface area contributed by atoms with Gasteiger partial charge in [-0.3, -0.25) is 10.1 Å². The molecule has 2 aromatic carbocycles. The second-order valence-electron chi connectivity index (χ2n) is 6.04. The quantitative estimate of drug-likeness (QED) is 0.474. The van der Waals surface area contributed by atoms with Gasteiger partial charge in [-0.05, 0) is 49.0 Å². The monoisotopic (exact) mass is 410 g/mol. The zero-order chi connectivity index (χ0) is 20.6. The molecule has 150 valence electrons. The van der Waals surface area contributed by atoms with Crippen molar-refractivity contribution < 1.29 is 22.7 Å². The molecule has 0 aliphatic rings. The van der Waals surface area contributed by atoms with E-state index in [2.05, 4.69) is 17.6 Å². The molecule has 0 aliphatic carbocycles. The number of carbonyl (C=O) groups excluding carboxylic acids is 1. The third kappa shape index (κ3) is 6.53. The van der Waals surface area contributed by atoms with Crippen LogP contribution < -0.4 is 15.4 Å². The van der Waals surface area contributed by atoms with Crippen molar-refractivity contribution in [1.82, 2.24) is 5.32 Å². The highest BCUT2D eigenvalue weighted by molar-refractivity contribution is 7.80. The molecule has 2 N–H and O–H groups in total. The molecule has 8 heteroatoms. The summed E-state index contributed by atoms with van der Waals surface area (Å²) in [6.07, 6.45) is -1.50. The number of benzene rings is 2. The molecular weight excluding hydrogens is 389 g/mol. The molecule has 0 saturated heterocycles. The van der Waals surface area contributed by atoms with E-state index in [1.807, 2.05) is 0 Å². The fourth-order valence-electron chi connectivity index (χ4n) is 2.42. The number of alkyl halides is 3. The second-order valence-corrected chi connectivity index (χ2v) is 6.45. The van der Waals surface area contributed by atoms with Crippen LogP contribution in [0.25, 0.3) is 0 Å². The van der Waals surface area contributed by atoms with Crippen molar-refractivity contribution in [2.45, 2.75) is 32.4 Å². The van der Waals surface area contributed by atoms with Crippen molar-refractivity contribution in [1.29, 1.82) is 0 Å². The van der Waals surface area contributed by atoms with Crippen molar-refractivity contribution in [2.24, 2.45) is 0 Å². The Bertz CT molecular complexity index is 825. The van der Waals surface area contributed by atoms with E-state index in [4.69, 9.17) is 17.0 Å².